The highest BCUT2D eigenvalue weighted by atomic mass is 16.5. The molecular formula is C27H25N5O3. The Labute approximate surface area is 202 Å². The van der Waals surface area contributed by atoms with E-state index in [1.807, 2.05) is 96.4 Å². The lowest BCUT2D eigenvalue weighted by Crippen LogP contribution is -2.25. The summed E-state index contributed by atoms with van der Waals surface area (Å²) in [5, 5.41) is 2.83. The summed E-state index contributed by atoms with van der Waals surface area (Å²) < 4.78 is 11.0. The first kappa shape index (κ1) is 22.2. The summed E-state index contributed by atoms with van der Waals surface area (Å²) in [7, 11) is 1.79. The normalized spacial score (nSPS) is 11.0. The second-order valence-electron chi connectivity index (χ2n) is 8.19. The summed E-state index contributed by atoms with van der Waals surface area (Å²) in [4.78, 5) is 31.0. The molecule has 8 nitrogen and oxygen atoms in total. The maximum absolute atomic E-state index is 13.2. The SMILES string of the molecule is Cc1c(NC(=O)Cn2c(COc3ccccc3)nc3ccccc32)c(=O)n(-c2ccccc2)n1C. The van der Waals surface area contributed by atoms with Gasteiger partial charge < -0.3 is 14.6 Å². The summed E-state index contributed by atoms with van der Waals surface area (Å²) >= 11 is 0. The zero-order valence-corrected chi connectivity index (χ0v) is 19.5. The van der Waals surface area contributed by atoms with Crippen molar-refractivity contribution in [2.45, 2.75) is 20.1 Å². The van der Waals surface area contributed by atoms with Gasteiger partial charge in [0, 0.05) is 7.05 Å². The third-order valence-corrected chi connectivity index (χ3v) is 5.97. The largest absolute Gasteiger partial charge is 0.486 e. The van der Waals surface area contributed by atoms with E-state index in [0.29, 0.717) is 11.5 Å². The first-order valence-electron chi connectivity index (χ1n) is 11.3. The molecule has 8 heteroatoms. The van der Waals surface area contributed by atoms with Crippen LogP contribution >= 0.6 is 0 Å². The predicted octanol–water partition coefficient (Wildman–Crippen LogP) is 4.05. The molecule has 0 aliphatic carbocycles. The molecular weight excluding hydrogens is 442 g/mol. The zero-order chi connectivity index (χ0) is 24.4. The molecule has 0 aliphatic heterocycles. The van der Waals surface area contributed by atoms with Gasteiger partial charge in [0.15, 0.2) is 0 Å². The first-order chi connectivity index (χ1) is 17.0. The topological polar surface area (TPSA) is 83.1 Å². The van der Waals surface area contributed by atoms with E-state index < -0.39 is 0 Å². The highest BCUT2D eigenvalue weighted by Crippen LogP contribution is 2.19. The van der Waals surface area contributed by atoms with E-state index in [0.717, 1.165) is 22.5 Å². The lowest BCUT2D eigenvalue weighted by atomic mass is 10.3. The van der Waals surface area contributed by atoms with Gasteiger partial charge in [-0.15, -0.1) is 0 Å². The molecule has 0 spiro atoms. The minimum Gasteiger partial charge on any atom is -0.486 e. The standard InChI is InChI=1S/C27H25N5O3/c1-19-26(27(34)32(30(19)2)20-11-5-3-6-12-20)29-25(33)17-31-23-16-10-9-15-22(23)28-24(31)18-35-21-13-7-4-8-14-21/h3-16H,17-18H2,1-2H3,(H,29,33). The van der Waals surface area contributed by atoms with Crippen molar-refractivity contribution in [2.24, 2.45) is 7.05 Å². The average molecular weight is 468 g/mol. The molecule has 0 saturated carbocycles. The van der Waals surface area contributed by atoms with Gasteiger partial charge in [-0.1, -0.05) is 48.5 Å². The highest BCUT2D eigenvalue weighted by Gasteiger charge is 2.20. The molecule has 2 heterocycles. The van der Waals surface area contributed by atoms with Crippen molar-refractivity contribution in [3.05, 3.63) is 107 Å². The van der Waals surface area contributed by atoms with Crippen LogP contribution in [-0.4, -0.2) is 24.8 Å². The fraction of sp³-hybridized carbons (Fsp3) is 0.148. The second-order valence-corrected chi connectivity index (χ2v) is 8.19. The lowest BCUT2D eigenvalue weighted by molar-refractivity contribution is -0.116. The lowest BCUT2D eigenvalue weighted by Gasteiger charge is -2.11. The van der Waals surface area contributed by atoms with Crippen molar-refractivity contribution in [3.63, 3.8) is 0 Å². The summed E-state index contributed by atoms with van der Waals surface area (Å²) in [5.41, 5.74) is 2.95. The van der Waals surface area contributed by atoms with Crippen LogP contribution in [0.1, 0.15) is 11.5 Å². The molecule has 1 N–H and O–H groups in total. The molecule has 3 aromatic carbocycles. The number of amides is 1. The van der Waals surface area contributed by atoms with Crippen LogP contribution in [0, 0.1) is 6.92 Å². The molecule has 0 bridgehead atoms. The van der Waals surface area contributed by atoms with Crippen LogP contribution < -0.4 is 15.6 Å². The number of benzene rings is 3. The fourth-order valence-electron chi connectivity index (χ4n) is 4.11. The predicted molar refractivity (Wildman–Crippen MR) is 135 cm³/mol. The van der Waals surface area contributed by atoms with Crippen LogP contribution in [0.2, 0.25) is 0 Å². The number of imidazole rings is 1. The van der Waals surface area contributed by atoms with Crippen LogP contribution in [0.4, 0.5) is 5.69 Å². The molecule has 5 rings (SSSR count). The number of ether oxygens (including phenoxy) is 1. The smallest absolute Gasteiger partial charge is 0.295 e. The van der Waals surface area contributed by atoms with Crippen molar-refractivity contribution >= 4 is 22.6 Å². The van der Waals surface area contributed by atoms with Gasteiger partial charge in [0.25, 0.3) is 5.56 Å². The number of carbonyl (C=O) groups is 1. The number of hydrogen-bond donors (Lipinski definition) is 1. The van der Waals surface area contributed by atoms with Gasteiger partial charge in [-0.3, -0.25) is 14.3 Å². The summed E-state index contributed by atoms with van der Waals surface area (Å²) in [6.07, 6.45) is 0. The van der Waals surface area contributed by atoms with E-state index in [4.69, 9.17) is 4.74 Å². The average Bonchev–Trinajstić information content (AvgIpc) is 3.33. The molecule has 5 aromatic rings. The van der Waals surface area contributed by atoms with Crippen LogP contribution in [0.15, 0.2) is 89.7 Å². The number of rotatable bonds is 7. The minimum atomic E-state index is -0.319. The van der Waals surface area contributed by atoms with Gasteiger partial charge in [0.05, 0.1) is 22.4 Å². The summed E-state index contributed by atoms with van der Waals surface area (Å²) in [5.74, 6) is 1.02. The molecule has 0 atom stereocenters. The molecule has 0 unspecified atom stereocenters. The maximum atomic E-state index is 13.2. The molecule has 0 saturated heterocycles. The Morgan fingerprint density at radius 2 is 1.60 bits per heavy atom. The van der Waals surface area contributed by atoms with Gasteiger partial charge in [-0.2, -0.15) is 0 Å². The van der Waals surface area contributed by atoms with E-state index in [2.05, 4.69) is 10.3 Å². The molecule has 0 fully saturated rings. The Hall–Kier alpha value is -4.59. The first-order valence-corrected chi connectivity index (χ1v) is 11.3. The zero-order valence-electron chi connectivity index (χ0n) is 19.5. The van der Waals surface area contributed by atoms with Crippen molar-refractivity contribution in [2.75, 3.05) is 5.32 Å². The summed E-state index contributed by atoms with van der Waals surface area (Å²) in [6, 6.07) is 26.4. The van der Waals surface area contributed by atoms with Gasteiger partial charge in [0.2, 0.25) is 5.91 Å². The highest BCUT2D eigenvalue weighted by molar-refractivity contribution is 5.92. The van der Waals surface area contributed by atoms with Crippen LogP contribution in [-0.2, 0) is 25.0 Å². The van der Waals surface area contributed by atoms with Crippen LogP contribution in [0.5, 0.6) is 5.75 Å². The molecule has 0 radical (unpaired) electrons. The van der Waals surface area contributed by atoms with Crippen molar-refractivity contribution in [1.29, 1.82) is 0 Å². The number of nitrogens with zero attached hydrogens (tertiary/aromatic N) is 4. The molecule has 1 amide bonds. The second kappa shape index (κ2) is 9.34. The third kappa shape index (κ3) is 4.33. The number of para-hydroxylation sites is 4. The van der Waals surface area contributed by atoms with Crippen LogP contribution in [0.3, 0.4) is 0 Å². The van der Waals surface area contributed by atoms with Gasteiger partial charge >= 0.3 is 0 Å². The van der Waals surface area contributed by atoms with E-state index >= 15 is 0 Å². The summed E-state index contributed by atoms with van der Waals surface area (Å²) in [6.45, 7) is 2.01. The number of fused-ring (bicyclic) bond motifs is 1. The van der Waals surface area contributed by atoms with E-state index in [9.17, 15) is 9.59 Å². The number of hydrogen-bond acceptors (Lipinski definition) is 4. The van der Waals surface area contributed by atoms with Crippen molar-refractivity contribution in [3.8, 4) is 11.4 Å². The van der Waals surface area contributed by atoms with E-state index in [1.54, 1.807) is 11.7 Å². The Morgan fingerprint density at radius 3 is 2.34 bits per heavy atom. The van der Waals surface area contributed by atoms with Crippen molar-refractivity contribution < 1.29 is 9.53 Å². The number of aromatic nitrogens is 4. The Morgan fingerprint density at radius 1 is 0.943 bits per heavy atom. The fourth-order valence-corrected chi connectivity index (χ4v) is 4.11. The quantitative estimate of drug-likeness (QED) is 0.391. The van der Waals surface area contributed by atoms with Gasteiger partial charge in [-0.25, -0.2) is 9.67 Å². The molecule has 0 aliphatic rings. The van der Waals surface area contributed by atoms with E-state index in [1.165, 1.54) is 4.68 Å². The molecule has 176 valence electrons. The van der Waals surface area contributed by atoms with Gasteiger partial charge in [-0.05, 0) is 43.3 Å². The Balaban J connectivity index is 1.42. The Kier molecular flexibility index (Phi) is 5.93. The number of nitrogens with one attached hydrogen (secondary N) is 1. The minimum absolute atomic E-state index is 0.00684. The van der Waals surface area contributed by atoms with Crippen molar-refractivity contribution in [1.82, 2.24) is 18.9 Å². The Bertz CT molecular complexity index is 1550. The van der Waals surface area contributed by atoms with Gasteiger partial charge in [0.1, 0.15) is 30.4 Å². The number of carbonyl (C=O) groups excluding carboxylic acids is 1. The third-order valence-electron chi connectivity index (χ3n) is 5.97. The monoisotopic (exact) mass is 467 g/mol. The van der Waals surface area contributed by atoms with E-state index in [-0.39, 0.29) is 30.3 Å². The molecule has 2 aromatic heterocycles. The van der Waals surface area contributed by atoms with Crippen LogP contribution in [0.25, 0.3) is 16.7 Å². The number of anilines is 1. The maximum Gasteiger partial charge on any atom is 0.295 e. The molecule has 35 heavy (non-hydrogen) atoms.